The molecule has 24 heavy (non-hydrogen) atoms. The van der Waals surface area contributed by atoms with Gasteiger partial charge in [0.05, 0.1) is 0 Å². The van der Waals surface area contributed by atoms with Gasteiger partial charge in [-0.2, -0.15) is 0 Å². The van der Waals surface area contributed by atoms with E-state index in [1.807, 2.05) is 7.05 Å². The highest BCUT2D eigenvalue weighted by atomic mass is 127. The lowest BCUT2D eigenvalue weighted by atomic mass is 10.1. The summed E-state index contributed by atoms with van der Waals surface area (Å²) in [5.74, 6) is 2.28. The van der Waals surface area contributed by atoms with Gasteiger partial charge in [0.1, 0.15) is 0 Å². The fraction of sp³-hybridized carbons (Fsp3) is 0.944. The quantitative estimate of drug-likeness (QED) is 0.369. The molecule has 0 saturated carbocycles. The average molecular weight is 451 g/mol. The second-order valence-electron chi connectivity index (χ2n) is 7.84. The number of halogens is 1. The lowest BCUT2D eigenvalue weighted by Crippen LogP contribution is -2.48. The van der Waals surface area contributed by atoms with E-state index in [4.69, 9.17) is 0 Å². The van der Waals surface area contributed by atoms with Crippen molar-refractivity contribution in [2.75, 3.05) is 46.3 Å². The summed E-state index contributed by atoms with van der Waals surface area (Å²) in [6, 6.07) is 1.12. The van der Waals surface area contributed by atoms with E-state index in [2.05, 4.69) is 53.1 Å². The largest absolute Gasteiger partial charge is 0.356 e. The maximum Gasteiger partial charge on any atom is 0.191 e. The summed E-state index contributed by atoms with van der Waals surface area (Å²) in [7, 11) is 1.88. The van der Waals surface area contributed by atoms with Gasteiger partial charge in [-0.25, -0.2) is 0 Å². The first-order valence-electron chi connectivity index (χ1n) is 9.43. The number of aliphatic imine (C=N–C) groups is 1. The second-order valence-corrected chi connectivity index (χ2v) is 7.84. The Balaban J connectivity index is 0.00000288. The summed E-state index contributed by atoms with van der Waals surface area (Å²) >= 11 is 0. The van der Waals surface area contributed by atoms with Crippen LogP contribution in [0.3, 0.4) is 0 Å². The normalized spacial score (nSPS) is 27.3. The van der Waals surface area contributed by atoms with Gasteiger partial charge in [0, 0.05) is 45.3 Å². The van der Waals surface area contributed by atoms with E-state index in [9.17, 15) is 0 Å². The minimum absolute atomic E-state index is 0. The van der Waals surface area contributed by atoms with Gasteiger partial charge >= 0.3 is 0 Å². The predicted molar refractivity (Wildman–Crippen MR) is 114 cm³/mol. The number of likely N-dealkylation sites (tertiary alicyclic amines) is 2. The van der Waals surface area contributed by atoms with Crippen LogP contribution >= 0.6 is 24.0 Å². The SMILES string of the molecule is CN=C(NCC(C)CN1CCCC1)NC1CN(C(C)C)CC1C.I. The molecule has 0 aromatic carbocycles. The second kappa shape index (κ2) is 10.8. The molecule has 0 spiro atoms. The van der Waals surface area contributed by atoms with Gasteiger partial charge in [-0.15, -0.1) is 24.0 Å². The third-order valence-electron chi connectivity index (χ3n) is 5.30. The molecule has 0 aromatic rings. The minimum atomic E-state index is 0. The Morgan fingerprint density at radius 2 is 1.83 bits per heavy atom. The maximum absolute atomic E-state index is 4.42. The molecule has 3 atom stereocenters. The van der Waals surface area contributed by atoms with E-state index in [0.717, 1.165) is 19.0 Å². The molecule has 0 bridgehead atoms. The molecular formula is C18H38IN5. The highest BCUT2D eigenvalue weighted by Gasteiger charge is 2.31. The van der Waals surface area contributed by atoms with Crippen molar-refractivity contribution in [1.29, 1.82) is 0 Å². The molecule has 0 aromatic heterocycles. The number of hydrogen-bond acceptors (Lipinski definition) is 3. The van der Waals surface area contributed by atoms with Crippen LogP contribution in [0.2, 0.25) is 0 Å². The molecule has 5 nitrogen and oxygen atoms in total. The fourth-order valence-corrected chi connectivity index (χ4v) is 3.73. The summed E-state index contributed by atoms with van der Waals surface area (Å²) in [5, 5.41) is 7.16. The third kappa shape index (κ3) is 6.67. The zero-order valence-electron chi connectivity index (χ0n) is 16.2. The molecule has 2 saturated heterocycles. The number of nitrogens with one attached hydrogen (secondary N) is 2. The van der Waals surface area contributed by atoms with Crippen molar-refractivity contribution >= 4 is 29.9 Å². The van der Waals surface area contributed by atoms with Crippen LogP contribution in [0.4, 0.5) is 0 Å². The number of nitrogens with zero attached hydrogens (tertiary/aromatic N) is 3. The standard InChI is InChI=1S/C18H37N5.HI/c1-14(2)23-12-16(4)17(13-23)21-18(19-5)20-10-15(3)11-22-8-6-7-9-22;/h14-17H,6-13H2,1-5H3,(H2,19,20,21);1H. The smallest absolute Gasteiger partial charge is 0.191 e. The Bertz CT molecular complexity index is 382. The number of rotatable bonds is 6. The molecule has 0 radical (unpaired) electrons. The average Bonchev–Trinajstić information content (AvgIpc) is 3.13. The van der Waals surface area contributed by atoms with E-state index in [-0.39, 0.29) is 24.0 Å². The zero-order valence-corrected chi connectivity index (χ0v) is 18.5. The topological polar surface area (TPSA) is 42.9 Å². The molecule has 2 rings (SSSR count). The summed E-state index contributed by atoms with van der Waals surface area (Å²) in [5.41, 5.74) is 0. The third-order valence-corrected chi connectivity index (χ3v) is 5.30. The van der Waals surface area contributed by atoms with Gasteiger partial charge in [0.15, 0.2) is 5.96 Å². The Morgan fingerprint density at radius 3 is 2.38 bits per heavy atom. The van der Waals surface area contributed by atoms with Crippen molar-refractivity contribution in [2.24, 2.45) is 16.8 Å². The van der Waals surface area contributed by atoms with Crippen LogP contribution in [0.5, 0.6) is 0 Å². The van der Waals surface area contributed by atoms with E-state index in [1.54, 1.807) is 0 Å². The molecule has 0 amide bonds. The van der Waals surface area contributed by atoms with Crippen molar-refractivity contribution in [2.45, 2.75) is 52.6 Å². The van der Waals surface area contributed by atoms with E-state index in [1.165, 1.54) is 39.0 Å². The molecule has 3 unspecified atom stereocenters. The van der Waals surface area contributed by atoms with Crippen LogP contribution in [0.1, 0.15) is 40.5 Å². The van der Waals surface area contributed by atoms with Crippen LogP contribution in [0.25, 0.3) is 0 Å². The van der Waals surface area contributed by atoms with Gasteiger partial charge in [-0.1, -0.05) is 13.8 Å². The highest BCUT2D eigenvalue weighted by molar-refractivity contribution is 14.0. The molecular weight excluding hydrogens is 413 g/mol. The van der Waals surface area contributed by atoms with E-state index in [0.29, 0.717) is 23.9 Å². The van der Waals surface area contributed by atoms with Crippen LogP contribution < -0.4 is 10.6 Å². The van der Waals surface area contributed by atoms with Gasteiger partial charge < -0.3 is 15.5 Å². The van der Waals surface area contributed by atoms with Gasteiger partial charge in [-0.3, -0.25) is 9.89 Å². The van der Waals surface area contributed by atoms with Crippen LogP contribution in [-0.2, 0) is 0 Å². The monoisotopic (exact) mass is 451 g/mol. The van der Waals surface area contributed by atoms with E-state index >= 15 is 0 Å². The zero-order chi connectivity index (χ0) is 16.8. The predicted octanol–water partition coefficient (Wildman–Crippen LogP) is 2.23. The van der Waals surface area contributed by atoms with Gasteiger partial charge in [0.2, 0.25) is 0 Å². The number of guanidine groups is 1. The van der Waals surface area contributed by atoms with Gasteiger partial charge in [-0.05, 0) is 51.6 Å². The Kier molecular flexibility index (Phi) is 9.89. The van der Waals surface area contributed by atoms with Crippen molar-refractivity contribution in [3.05, 3.63) is 0 Å². The molecule has 142 valence electrons. The lowest BCUT2D eigenvalue weighted by molar-refractivity contribution is 0.265. The Hall–Kier alpha value is -0.0800. The molecule has 2 heterocycles. The van der Waals surface area contributed by atoms with Crippen LogP contribution in [0, 0.1) is 11.8 Å². The lowest BCUT2D eigenvalue weighted by Gasteiger charge is -2.24. The van der Waals surface area contributed by atoms with Crippen molar-refractivity contribution in [3.63, 3.8) is 0 Å². The van der Waals surface area contributed by atoms with Crippen LogP contribution in [-0.4, -0.2) is 74.2 Å². The first-order chi connectivity index (χ1) is 11.0. The summed E-state index contributed by atoms with van der Waals surface area (Å²) in [6.07, 6.45) is 2.74. The molecule has 2 N–H and O–H groups in total. The first-order valence-corrected chi connectivity index (χ1v) is 9.43. The Morgan fingerprint density at radius 1 is 1.17 bits per heavy atom. The molecule has 0 aliphatic carbocycles. The summed E-state index contributed by atoms with van der Waals surface area (Å²) < 4.78 is 0. The van der Waals surface area contributed by atoms with Crippen LogP contribution in [0.15, 0.2) is 4.99 Å². The summed E-state index contributed by atoms with van der Waals surface area (Å²) in [6.45, 7) is 16.3. The number of hydrogen-bond donors (Lipinski definition) is 2. The van der Waals surface area contributed by atoms with E-state index < -0.39 is 0 Å². The first kappa shape index (κ1) is 22.0. The van der Waals surface area contributed by atoms with Crippen molar-refractivity contribution in [3.8, 4) is 0 Å². The maximum atomic E-state index is 4.42. The summed E-state index contributed by atoms with van der Waals surface area (Å²) in [4.78, 5) is 9.55. The van der Waals surface area contributed by atoms with Gasteiger partial charge in [0.25, 0.3) is 0 Å². The molecule has 6 heteroatoms. The molecule has 2 fully saturated rings. The fourth-order valence-electron chi connectivity index (χ4n) is 3.73. The molecule has 2 aliphatic rings. The Labute approximate surface area is 166 Å². The highest BCUT2D eigenvalue weighted by Crippen LogP contribution is 2.18. The van der Waals surface area contributed by atoms with Crippen molar-refractivity contribution in [1.82, 2.24) is 20.4 Å². The van der Waals surface area contributed by atoms with Crippen molar-refractivity contribution < 1.29 is 0 Å². The minimum Gasteiger partial charge on any atom is -0.356 e. The molecule has 2 aliphatic heterocycles.